The molecular weight excluding hydrogens is 358 g/mol. The molecule has 1 fully saturated rings. The maximum absolute atomic E-state index is 9.32. The number of hydrogen-bond donors (Lipinski definition) is 1. The molecule has 3 heterocycles. The molecule has 27 heavy (non-hydrogen) atoms. The van der Waals surface area contributed by atoms with Crippen molar-refractivity contribution in [2.45, 2.75) is 45.6 Å². The van der Waals surface area contributed by atoms with Gasteiger partial charge in [0.15, 0.2) is 0 Å². The second-order valence-corrected chi connectivity index (χ2v) is 8.26. The van der Waals surface area contributed by atoms with Crippen LogP contribution in [0.5, 0.6) is 0 Å². The molecule has 0 amide bonds. The molecule has 136 valence electrons. The van der Waals surface area contributed by atoms with E-state index in [-0.39, 0.29) is 5.41 Å². The Balaban J connectivity index is 1.48. The highest BCUT2D eigenvalue weighted by Crippen LogP contribution is 2.46. The number of aromatic nitrogens is 5. The number of hydrogen-bond acceptors (Lipinski definition) is 7. The van der Waals surface area contributed by atoms with E-state index in [1.165, 1.54) is 17.1 Å². The number of aryl methyl sites for hydroxylation is 2. The van der Waals surface area contributed by atoms with Crippen molar-refractivity contribution < 1.29 is 0 Å². The van der Waals surface area contributed by atoms with Crippen LogP contribution in [0.25, 0.3) is 11.3 Å². The van der Waals surface area contributed by atoms with Gasteiger partial charge in [-0.1, -0.05) is 0 Å². The summed E-state index contributed by atoms with van der Waals surface area (Å²) in [5, 5.41) is 18.0. The summed E-state index contributed by atoms with van der Waals surface area (Å²) in [6.07, 6.45) is 8.87. The first kappa shape index (κ1) is 16.4. The van der Waals surface area contributed by atoms with Gasteiger partial charge in [-0.3, -0.25) is 4.68 Å². The van der Waals surface area contributed by atoms with E-state index in [0.29, 0.717) is 12.5 Å². The Morgan fingerprint density at radius 2 is 2.22 bits per heavy atom. The third-order valence-electron chi connectivity index (χ3n) is 5.26. The number of nitrogens with one attached hydrogen (secondary N) is 1. The summed E-state index contributed by atoms with van der Waals surface area (Å²) in [5.41, 5.74) is 5.06. The molecule has 3 aromatic heterocycles. The van der Waals surface area contributed by atoms with Crippen LogP contribution in [-0.4, -0.2) is 24.1 Å². The fourth-order valence-electron chi connectivity index (χ4n) is 3.60. The first-order chi connectivity index (χ1) is 13.1. The fraction of sp³-hybridized carbons (Fsp3) is 0.421. The summed E-state index contributed by atoms with van der Waals surface area (Å²) in [6.45, 7) is 2.63. The summed E-state index contributed by atoms with van der Waals surface area (Å²) in [5.74, 6) is 0.609. The predicted molar refractivity (Wildman–Crippen MR) is 103 cm³/mol. The Kier molecular flexibility index (Phi) is 3.72. The van der Waals surface area contributed by atoms with Gasteiger partial charge < -0.3 is 5.32 Å². The molecule has 5 rings (SSSR count). The van der Waals surface area contributed by atoms with E-state index in [9.17, 15) is 5.26 Å². The van der Waals surface area contributed by atoms with Crippen LogP contribution < -0.4 is 5.32 Å². The molecule has 2 aliphatic rings. The number of anilines is 2. The minimum absolute atomic E-state index is 0.215. The summed E-state index contributed by atoms with van der Waals surface area (Å²) in [4.78, 5) is 9.52. The van der Waals surface area contributed by atoms with Crippen LogP contribution in [0.15, 0.2) is 18.5 Å². The van der Waals surface area contributed by atoms with Crippen molar-refractivity contribution in [3.8, 4) is 17.3 Å². The first-order valence-electron chi connectivity index (χ1n) is 9.18. The lowest BCUT2D eigenvalue weighted by molar-refractivity contribution is 0.486. The quantitative estimate of drug-likeness (QED) is 0.730. The average molecular weight is 377 g/mol. The smallest absolute Gasteiger partial charge is 0.228 e. The molecule has 0 unspecified atom stereocenters. The van der Waals surface area contributed by atoms with Gasteiger partial charge in [-0.2, -0.15) is 14.7 Å². The second-order valence-electron chi connectivity index (χ2n) is 7.45. The largest absolute Gasteiger partial charge is 0.314 e. The van der Waals surface area contributed by atoms with Crippen LogP contribution in [0.3, 0.4) is 0 Å². The first-order valence-corrected chi connectivity index (χ1v) is 9.96. The summed E-state index contributed by atoms with van der Waals surface area (Å²) < 4.78 is 6.18. The Hall–Kier alpha value is -2.79. The SMILES string of the molecule is Cc1cc(Nc2nc3c(c(-c4cnn(CC5(C#N)CC5)c4)n2)CCC3)sn1. The lowest BCUT2D eigenvalue weighted by Gasteiger charge is -2.09. The van der Waals surface area contributed by atoms with Crippen LogP contribution in [0.1, 0.15) is 36.2 Å². The van der Waals surface area contributed by atoms with E-state index < -0.39 is 0 Å². The summed E-state index contributed by atoms with van der Waals surface area (Å²) in [6, 6.07) is 4.42. The topological polar surface area (TPSA) is 92.3 Å². The fourth-order valence-corrected chi connectivity index (χ4v) is 4.25. The molecule has 0 atom stereocenters. The standard InChI is InChI=1S/C19H19N7S/c1-12-7-16(27-25-12)23-18-22-15-4-2-3-14(15)17(24-18)13-8-21-26(9-13)11-19(10-20)5-6-19/h7-9H,2-6,11H2,1H3,(H,22,23,24). The minimum Gasteiger partial charge on any atom is -0.314 e. The molecule has 0 saturated heterocycles. The van der Waals surface area contributed by atoms with E-state index >= 15 is 0 Å². The minimum atomic E-state index is -0.215. The zero-order chi connectivity index (χ0) is 18.4. The number of rotatable bonds is 5. The van der Waals surface area contributed by atoms with Crippen molar-refractivity contribution in [1.82, 2.24) is 24.1 Å². The van der Waals surface area contributed by atoms with E-state index in [2.05, 4.69) is 20.9 Å². The molecule has 8 heteroatoms. The maximum atomic E-state index is 9.32. The summed E-state index contributed by atoms with van der Waals surface area (Å²) >= 11 is 1.41. The molecule has 0 radical (unpaired) electrons. The third-order valence-corrected chi connectivity index (χ3v) is 6.05. The predicted octanol–water partition coefficient (Wildman–Crippen LogP) is 3.64. The van der Waals surface area contributed by atoms with Crippen molar-refractivity contribution in [2.75, 3.05) is 5.32 Å². The van der Waals surface area contributed by atoms with E-state index in [1.54, 1.807) is 0 Å². The molecule has 1 N–H and O–H groups in total. The number of fused-ring (bicyclic) bond motifs is 1. The highest BCUT2D eigenvalue weighted by atomic mass is 32.1. The van der Waals surface area contributed by atoms with Gasteiger partial charge in [-0.15, -0.1) is 0 Å². The molecule has 7 nitrogen and oxygen atoms in total. The normalized spacial score (nSPS) is 16.7. The highest BCUT2D eigenvalue weighted by Gasteiger charge is 2.43. The lowest BCUT2D eigenvalue weighted by atomic mass is 10.1. The van der Waals surface area contributed by atoms with Crippen LogP contribution in [0.4, 0.5) is 10.9 Å². The zero-order valence-electron chi connectivity index (χ0n) is 15.1. The second kappa shape index (κ2) is 6.13. The molecule has 2 aliphatic carbocycles. The van der Waals surface area contributed by atoms with Crippen LogP contribution in [0.2, 0.25) is 0 Å². The van der Waals surface area contributed by atoms with Gasteiger partial charge in [0.05, 0.1) is 35.6 Å². The highest BCUT2D eigenvalue weighted by molar-refractivity contribution is 7.10. The third kappa shape index (κ3) is 3.08. The molecule has 0 aliphatic heterocycles. The van der Waals surface area contributed by atoms with Gasteiger partial charge in [-0.05, 0) is 56.6 Å². The van der Waals surface area contributed by atoms with Crippen molar-refractivity contribution in [1.29, 1.82) is 5.26 Å². The molecule has 0 bridgehead atoms. The van der Waals surface area contributed by atoms with Crippen molar-refractivity contribution in [3.63, 3.8) is 0 Å². The molecule has 0 aromatic carbocycles. The van der Waals surface area contributed by atoms with Crippen LogP contribution in [-0.2, 0) is 19.4 Å². The van der Waals surface area contributed by atoms with Gasteiger partial charge in [0.2, 0.25) is 5.95 Å². The number of nitriles is 1. The molecule has 1 saturated carbocycles. The molecule has 3 aromatic rings. The Bertz CT molecular complexity index is 1050. The maximum Gasteiger partial charge on any atom is 0.228 e. The Morgan fingerprint density at radius 3 is 2.96 bits per heavy atom. The van der Waals surface area contributed by atoms with Crippen molar-refractivity contribution in [3.05, 3.63) is 35.4 Å². The van der Waals surface area contributed by atoms with Gasteiger partial charge in [0, 0.05) is 23.0 Å². The van der Waals surface area contributed by atoms with Gasteiger partial charge in [0.1, 0.15) is 5.00 Å². The van der Waals surface area contributed by atoms with Gasteiger partial charge in [0.25, 0.3) is 0 Å². The van der Waals surface area contributed by atoms with Crippen molar-refractivity contribution >= 4 is 22.5 Å². The lowest BCUT2D eigenvalue weighted by Crippen LogP contribution is -2.09. The van der Waals surface area contributed by atoms with E-state index in [1.807, 2.05) is 30.1 Å². The van der Waals surface area contributed by atoms with Crippen LogP contribution >= 0.6 is 11.5 Å². The van der Waals surface area contributed by atoms with Gasteiger partial charge in [-0.25, -0.2) is 9.97 Å². The average Bonchev–Trinajstić information content (AvgIpc) is 3.03. The monoisotopic (exact) mass is 377 g/mol. The van der Waals surface area contributed by atoms with Crippen molar-refractivity contribution in [2.24, 2.45) is 5.41 Å². The number of nitrogens with zero attached hydrogens (tertiary/aromatic N) is 6. The Labute approximate surface area is 161 Å². The summed E-state index contributed by atoms with van der Waals surface area (Å²) in [7, 11) is 0. The molecular formula is C19H19N7S. The van der Waals surface area contributed by atoms with E-state index in [0.717, 1.165) is 59.8 Å². The van der Waals surface area contributed by atoms with Crippen LogP contribution in [0, 0.1) is 23.7 Å². The molecule has 0 spiro atoms. The van der Waals surface area contributed by atoms with Gasteiger partial charge >= 0.3 is 0 Å². The zero-order valence-corrected chi connectivity index (χ0v) is 15.9. The van der Waals surface area contributed by atoms with E-state index in [4.69, 9.17) is 9.97 Å². The Morgan fingerprint density at radius 1 is 1.33 bits per heavy atom.